The molecule has 2 nitrogen and oxygen atoms in total. The largest absolute Gasteiger partial charge is 0.363 e. The molecule has 0 bridgehead atoms. The van der Waals surface area contributed by atoms with Gasteiger partial charge in [0.15, 0.2) is 0 Å². The van der Waals surface area contributed by atoms with E-state index in [-0.39, 0.29) is 5.54 Å². The van der Waals surface area contributed by atoms with Gasteiger partial charge in [0.25, 0.3) is 0 Å². The summed E-state index contributed by atoms with van der Waals surface area (Å²) in [4.78, 5) is 4.43. The lowest BCUT2D eigenvalue weighted by molar-refractivity contribution is 0.310. The van der Waals surface area contributed by atoms with Crippen molar-refractivity contribution in [1.29, 1.82) is 0 Å². The van der Waals surface area contributed by atoms with E-state index in [0.717, 1.165) is 18.7 Å². The Bertz CT molecular complexity index is 499. The molecule has 16 heavy (non-hydrogen) atoms. The van der Waals surface area contributed by atoms with Gasteiger partial charge in [-0.3, -0.25) is 0 Å². The van der Waals surface area contributed by atoms with Crippen molar-refractivity contribution in [3.8, 4) is 0 Å². The Labute approximate surface area is 104 Å². The molecule has 0 aromatic carbocycles. The number of nitrogens with zero attached hydrogens (tertiary/aromatic N) is 1. The van der Waals surface area contributed by atoms with E-state index in [1.54, 1.807) is 11.3 Å². The van der Waals surface area contributed by atoms with Gasteiger partial charge in [-0.15, -0.1) is 22.9 Å². The number of pyridine rings is 1. The molecular formula is C12H13ClN2S. The van der Waals surface area contributed by atoms with E-state index < -0.39 is 0 Å². The maximum Gasteiger partial charge on any atom is 0.135 e. The van der Waals surface area contributed by atoms with Gasteiger partial charge in [-0.05, 0) is 36.8 Å². The Hall–Kier alpha value is -0.800. The molecule has 0 spiro atoms. The number of hydrogen-bond donors (Lipinski definition) is 1. The highest BCUT2D eigenvalue weighted by Gasteiger charge is 2.36. The maximum atomic E-state index is 6.05. The quantitative estimate of drug-likeness (QED) is 0.839. The van der Waals surface area contributed by atoms with Gasteiger partial charge in [-0.1, -0.05) is 0 Å². The highest BCUT2D eigenvalue weighted by molar-refractivity contribution is 7.17. The highest BCUT2D eigenvalue weighted by Crippen LogP contribution is 2.37. The topological polar surface area (TPSA) is 24.9 Å². The first-order valence-electron chi connectivity index (χ1n) is 5.49. The average molecular weight is 253 g/mol. The summed E-state index contributed by atoms with van der Waals surface area (Å²) in [7, 11) is 0. The Kier molecular flexibility index (Phi) is 2.52. The molecule has 1 N–H and O–H groups in total. The number of thiophene rings is 1. The fourth-order valence-corrected chi connectivity index (χ4v) is 3.26. The summed E-state index contributed by atoms with van der Waals surface area (Å²) in [5, 5.41) is 6.85. The zero-order chi connectivity index (χ0) is 11.0. The number of nitrogens with one attached hydrogen (secondary N) is 1. The van der Waals surface area contributed by atoms with Gasteiger partial charge >= 0.3 is 0 Å². The number of rotatable bonds is 3. The van der Waals surface area contributed by atoms with Crippen molar-refractivity contribution in [2.24, 2.45) is 0 Å². The summed E-state index contributed by atoms with van der Waals surface area (Å²) in [5.74, 6) is 1.65. The Morgan fingerprint density at radius 1 is 1.44 bits per heavy atom. The van der Waals surface area contributed by atoms with E-state index in [0.29, 0.717) is 5.88 Å². The molecule has 0 unspecified atom stereocenters. The SMILES string of the molecule is ClCC1(Nc2nccc3sccc23)CCC1. The summed E-state index contributed by atoms with van der Waals surface area (Å²) >= 11 is 7.80. The summed E-state index contributed by atoms with van der Waals surface area (Å²) in [6, 6.07) is 4.18. The lowest BCUT2D eigenvalue weighted by atomic mass is 9.78. The van der Waals surface area contributed by atoms with Crippen LogP contribution >= 0.6 is 22.9 Å². The second-order valence-corrected chi connectivity index (χ2v) is 5.60. The predicted molar refractivity (Wildman–Crippen MR) is 70.5 cm³/mol. The minimum Gasteiger partial charge on any atom is -0.363 e. The number of halogens is 1. The number of hydrogen-bond acceptors (Lipinski definition) is 3. The standard InChI is InChI=1S/C12H13ClN2S/c13-8-12(4-1-5-12)15-11-9-3-7-16-10(9)2-6-14-11/h2-3,6-7H,1,4-5,8H2,(H,14,15). The molecule has 0 amide bonds. The van der Waals surface area contributed by atoms with Crippen LogP contribution in [-0.4, -0.2) is 16.4 Å². The van der Waals surface area contributed by atoms with Gasteiger partial charge in [0.05, 0.1) is 5.54 Å². The van der Waals surface area contributed by atoms with E-state index in [9.17, 15) is 0 Å². The number of anilines is 1. The molecule has 2 aromatic rings. The van der Waals surface area contributed by atoms with Gasteiger partial charge in [0.1, 0.15) is 5.82 Å². The fraction of sp³-hybridized carbons (Fsp3) is 0.417. The third-order valence-electron chi connectivity index (χ3n) is 3.33. The van der Waals surface area contributed by atoms with Crippen LogP contribution in [0, 0.1) is 0 Å². The Morgan fingerprint density at radius 3 is 3.00 bits per heavy atom. The molecule has 1 fully saturated rings. The molecule has 1 aliphatic rings. The highest BCUT2D eigenvalue weighted by atomic mass is 35.5. The molecule has 1 aliphatic carbocycles. The lowest BCUT2D eigenvalue weighted by Crippen LogP contribution is -2.47. The van der Waals surface area contributed by atoms with Crippen LogP contribution in [0.4, 0.5) is 5.82 Å². The van der Waals surface area contributed by atoms with Crippen LogP contribution in [0.3, 0.4) is 0 Å². The van der Waals surface area contributed by atoms with E-state index in [1.807, 2.05) is 6.20 Å². The van der Waals surface area contributed by atoms with Crippen molar-refractivity contribution < 1.29 is 0 Å². The molecule has 0 radical (unpaired) electrons. The first-order chi connectivity index (χ1) is 7.83. The molecule has 4 heteroatoms. The van der Waals surface area contributed by atoms with E-state index in [4.69, 9.17) is 11.6 Å². The van der Waals surface area contributed by atoms with Crippen molar-refractivity contribution in [3.63, 3.8) is 0 Å². The number of fused-ring (bicyclic) bond motifs is 1. The molecule has 0 atom stereocenters. The first kappa shape index (κ1) is 10.4. The van der Waals surface area contributed by atoms with E-state index in [1.165, 1.54) is 16.5 Å². The van der Waals surface area contributed by atoms with Crippen LogP contribution in [0.25, 0.3) is 10.1 Å². The zero-order valence-electron chi connectivity index (χ0n) is 8.87. The predicted octanol–water partition coefficient (Wildman–Crippen LogP) is 3.87. The van der Waals surface area contributed by atoms with Crippen molar-refractivity contribution in [3.05, 3.63) is 23.7 Å². The van der Waals surface area contributed by atoms with Crippen molar-refractivity contribution in [2.75, 3.05) is 11.2 Å². The first-order valence-corrected chi connectivity index (χ1v) is 6.91. The van der Waals surface area contributed by atoms with Gasteiger partial charge in [-0.2, -0.15) is 0 Å². The normalized spacial score (nSPS) is 18.3. The second-order valence-electron chi connectivity index (χ2n) is 4.38. The fourth-order valence-electron chi connectivity index (χ4n) is 2.14. The third-order valence-corrected chi connectivity index (χ3v) is 4.72. The van der Waals surface area contributed by atoms with Crippen LogP contribution in [-0.2, 0) is 0 Å². The van der Waals surface area contributed by atoms with Crippen LogP contribution in [0.2, 0.25) is 0 Å². The summed E-state index contributed by atoms with van der Waals surface area (Å²) in [5.41, 5.74) is 0.0881. The minimum absolute atomic E-state index is 0.0881. The van der Waals surface area contributed by atoms with Crippen LogP contribution in [0.5, 0.6) is 0 Å². The van der Waals surface area contributed by atoms with Gasteiger partial charge in [0, 0.05) is 22.2 Å². The molecule has 3 rings (SSSR count). The van der Waals surface area contributed by atoms with Crippen LogP contribution in [0.1, 0.15) is 19.3 Å². The Morgan fingerprint density at radius 2 is 2.31 bits per heavy atom. The maximum absolute atomic E-state index is 6.05. The third kappa shape index (κ3) is 1.59. The summed E-state index contributed by atoms with van der Waals surface area (Å²) in [6.07, 6.45) is 5.43. The van der Waals surface area contributed by atoms with Gasteiger partial charge in [-0.25, -0.2) is 4.98 Å². The molecule has 84 valence electrons. The molecule has 2 heterocycles. The lowest BCUT2D eigenvalue weighted by Gasteiger charge is -2.41. The van der Waals surface area contributed by atoms with Crippen molar-refractivity contribution in [1.82, 2.24) is 4.98 Å². The van der Waals surface area contributed by atoms with E-state index in [2.05, 4.69) is 27.8 Å². The summed E-state index contributed by atoms with van der Waals surface area (Å²) in [6.45, 7) is 0. The van der Waals surface area contributed by atoms with E-state index >= 15 is 0 Å². The minimum atomic E-state index is 0.0881. The van der Waals surface area contributed by atoms with Crippen molar-refractivity contribution in [2.45, 2.75) is 24.8 Å². The monoisotopic (exact) mass is 252 g/mol. The average Bonchev–Trinajstić information content (AvgIpc) is 2.72. The molecule has 0 saturated heterocycles. The zero-order valence-corrected chi connectivity index (χ0v) is 10.4. The summed E-state index contributed by atoms with van der Waals surface area (Å²) < 4.78 is 1.28. The van der Waals surface area contributed by atoms with Crippen LogP contribution in [0.15, 0.2) is 23.7 Å². The van der Waals surface area contributed by atoms with Gasteiger partial charge in [0.2, 0.25) is 0 Å². The Balaban J connectivity index is 1.96. The number of aromatic nitrogens is 1. The van der Waals surface area contributed by atoms with Gasteiger partial charge < -0.3 is 5.32 Å². The second kappa shape index (κ2) is 3.90. The molecule has 0 aliphatic heterocycles. The van der Waals surface area contributed by atoms with Crippen LogP contribution < -0.4 is 5.32 Å². The molecule has 1 saturated carbocycles. The number of alkyl halides is 1. The molecular weight excluding hydrogens is 240 g/mol. The van der Waals surface area contributed by atoms with Crippen molar-refractivity contribution >= 4 is 38.8 Å². The molecule has 2 aromatic heterocycles. The smallest absolute Gasteiger partial charge is 0.135 e.